The second kappa shape index (κ2) is 6.72. The highest BCUT2D eigenvalue weighted by molar-refractivity contribution is 7.89. The molecule has 0 aliphatic heterocycles. The van der Waals surface area contributed by atoms with Crippen molar-refractivity contribution in [2.75, 3.05) is 12.9 Å². The number of nitrogens with one attached hydrogen (secondary N) is 1. The zero-order valence-corrected chi connectivity index (χ0v) is 13.1. The molecule has 6 nitrogen and oxygen atoms in total. The number of aromatic nitrogens is 1. The molecule has 1 aliphatic rings. The summed E-state index contributed by atoms with van der Waals surface area (Å²) in [6, 6.07) is 1.42. The maximum absolute atomic E-state index is 12.1. The molecule has 2 rings (SSSR count). The molecular formula is C14H22N2O4S. The first-order valence-electron chi connectivity index (χ1n) is 7.12. The van der Waals surface area contributed by atoms with E-state index in [0.29, 0.717) is 25.0 Å². The van der Waals surface area contributed by atoms with E-state index in [-0.39, 0.29) is 23.8 Å². The van der Waals surface area contributed by atoms with Gasteiger partial charge in [0.05, 0.1) is 31.2 Å². The summed E-state index contributed by atoms with van der Waals surface area (Å²) >= 11 is 0. The maximum atomic E-state index is 12.1. The first-order chi connectivity index (χ1) is 9.95. The van der Waals surface area contributed by atoms with Gasteiger partial charge in [-0.05, 0) is 36.8 Å². The summed E-state index contributed by atoms with van der Waals surface area (Å²) in [4.78, 5) is 4.09. The lowest BCUT2D eigenvalue weighted by Crippen LogP contribution is -2.42. The van der Waals surface area contributed by atoms with E-state index in [0.717, 1.165) is 5.56 Å². The fraction of sp³-hybridized carbons (Fsp3) is 0.643. The highest BCUT2D eigenvalue weighted by atomic mass is 32.2. The molecule has 0 spiro atoms. The minimum Gasteiger partial charge on any atom is -0.495 e. The molecule has 1 aromatic rings. The Balaban J connectivity index is 2.23. The first-order valence-corrected chi connectivity index (χ1v) is 8.77. The standard InChI is InChI=1S/C14H22N2O4S/c1-3-4-21(18,19)16-14(10-5-12(17)6-10)11-7-13(20-2)9-15-8-11/h7-10,12,14,16-17H,3-6H2,1-2H3. The molecule has 1 aliphatic carbocycles. The van der Waals surface area contributed by atoms with Crippen LogP contribution in [0.5, 0.6) is 5.75 Å². The van der Waals surface area contributed by atoms with Gasteiger partial charge >= 0.3 is 0 Å². The van der Waals surface area contributed by atoms with Crippen LogP contribution in [-0.4, -0.2) is 37.5 Å². The molecule has 0 radical (unpaired) electrons. The summed E-state index contributed by atoms with van der Waals surface area (Å²) in [5.41, 5.74) is 0.769. The second-order valence-electron chi connectivity index (χ2n) is 5.46. The molecule has 0 amide bonds. The number of ether oxygens (including phenoxy) is 1. The summed E-state index contributed by atoms with van der Waals surface area (Å²) in [5, 5.41) is 9.50. The lowest BCUT2D eigenvalue weighted by molar-refractivity contribution is 0.0279. The van der Waals surface area contributed by atoms with E-state index >= 15 is 0 Å². The topological polar surface area (TPSA) is 88.5 Å². The predicted molar refractivity (Wildman–Crippen MR) is 79.5 cm³/mol. The molecule has 21 heavy (non-hydrogen) atoms. The molecule has 1 fully saturated rings. The number of methoxy groups -OCH3 is 1. The summed E-state index contributed by atoms with van der Waals surface area (Å²) in [6.45, 7) is 1.83. The number of pyridine rings is 1. The molecule has 7 heteroatoms. The van der Waals surface area contributed by atoms with Gasteiger partial charge in [-0.15, -0.1) is 0 Å². The van der Waals surface area contributed by atoms with Gasteiger partial charge in [0, 0.05) is 6.20 Å². The first kappa shape index (κ1) is 16.2. The molecule has 1 atom stereocenters. The van der Waals surface area contributed by atoms with E-state index in [1.807, 2.05) is 6.92 Å². The molecule has 1 aromatic heterocycles. The molecular weight excluding hydrogens is 292 g/mol. The molecule has 1 unspecified atom stereocenters. The van der Waals surface area contributed by atoms with Gasteiger partial charge in [0.2, 0.25) is 10.0 Å². The Labute approximate surface area is 125 Å². The van der Waals surface area contributed by atoms with Crippen molar-refractivity contribution in [1.29, 1.82) is 0 Å². The lowest BCUT2D eigenvalue weighted by Gasteiger charge is -2.38. The number of nitrogens with zero attached hydrogens (tertiary/aromatic N) is 1. The Kier molecular flexibility index (Phi) is 5.18. The SMILES string of the molecule is CCCS(=O)(=O)NC(c1cncc(OC)c1)C1CC(O)C1. The fourth-order valence-electron chi connectivity index (χ4n) is 2.58. The van der Waals surface area contributed by atoms with E-state index in [9.17, 15) is 13.5 Å². The van der Waals surface area contributed by atoms with Crippen molar-refractivity contribution in [2.24, 2.45) is 5.92 Å². The third-order valence-electron chi connectivity index (χ3n) is 3.73. The van der Waals surface area contributed by atoms with Crippen molar-refractivity contribution < 1.29 is 18.3 Å². The van der Waals surface area contributed by atoms with E-state index in [2.05, 4.69) is 9.71 Å². The number of rotatable bonds is 7. The molecule has 1 saturated carbocycles. The van der Waals surface area contributed by atoms with Gasteiger partial charge in [0.25, 0.3) is 0 Å². The number of hydrogen-bond donors (Lipinski definition) is 2. The quantitative estimate of drug-likeness (QED) is 0.790. The van der Waals surface area contributed by atoms with Crippen LogP contribution in [-0.2, 0) is 10.0 Å². The monoisotopic (exact) mass is 314 g/mol. The fourth-order valence-corrected chi connectivity index (χ4v) is 3.95. The average molecular weight is 314 g/mol. The third-order valence-corrected chi connectivity index (χ3v) is 5.29. The molecule has 1 heterocycles. The van der Waals surface area contributed by atoms with Crippen LogP contribution < -0.4 is 9.46 Å². The van der Waals surface area contributed by atoms with Crippen LogP contribution in [0.3, 0.4) is 0 Å². The Morgan fingerprint density at radius 3 is 2.76 bits per heavy atom. The maximum Gasteiger partial charge on any atom is 0.212 e. The average Bonchev–Trinajstić information content (AvgIpc) is 2.42. The normalized spacial score (nSPS) is 23.4. The minimum atomic E-state index is -3.34. The second-order valence-corrected chi connectivity index (χ2v) is 7.33. The van der Waals surface area contributed by atoms with Crippen LogP contribution in [0.15, 0.2) is 18.5 Å². The summed E-state index contributed by atoms with van der Waals surface area (Å²) < 4.78 is 32.0. The van der Waals surface area contributed by atoms with Crippen molar-refractivity contribution >= 4 is 10.0 Å². The molecule has 0 saturated heterocycles. The van der Waals surface area contributed by atoms with Crippen LogP contribution in [0, 0.1) is 5.92 Å². The van der Waals surface area contributed by atoms with Gasteiger partial charge < -0.3 is 9.84 Å². The van der Waals surface area contributed by atoms with Crippen molar-refractivity contribution in [1.82, 2.24) is 9.71 Å². The van der Waals surface area contributed by atoms with Crippen LogP contribution in [0.2, 0.25) is 0 Å². The number of aliphatic hydroxyl groups is 1. The highest BCUT2D eigenvalue weighted by Gasteiger charge is 2.37. The van der Waals surface area contributed by atoms with Crippen LogP contribution in [0.4, 0.5) is 0 Å². The largest absolute Gasteiger partial charge is 0.495 e. The third kappa shape index (κ3) is 4.15. The van der Waals surface area contributed by atoms with Crippen LogP contribution in [0.1, 0.15) is 37.8 Å². The van der Waals surface area contributed by atoms with Crippen LogP contribution >= 0.6 is 0 Å². The van der Waals surface area contributed by atoms with Gasteiger partial charge in [-0.3, -0.25) is 4.98 Å². The van der Waals surface area contributed by atoms with Crippen LogP contribution in [0.25, 0.3) is 0 Å². The van der Waals surface area contributed by atoms with Crippen molar-refractivity contribution in [2.45, 2.75) is 38.3 Å². The molecule has 0 bridgehead atoms. The molecule has 2 N–H and O–H groups in total. The number of aliphatic hydroxyl groups excluding tert-OH is 1. The minimum absolute atomic E-state index is 0.0838. The molecule has 0 aromatic carbocycles. The molecule has 118 valence electrons. The van der Waals surface area contributed by atoms with Gasteiger partial charge in [0.15, 0.2) is 0 Å². The van der Waals surface area contributed by atoms with Gasteiger partial charge in [-0.25, -0.2) is 13.1 Å². The van der Waals surface area contributed by atoms with E-state index in [1.165, 1.54) is 0 Å². The zero-order chi connectivity index (χ0) is 15.5. The zero-order valence-electron chi connectivity index (χ0n) is 12.3. The summed E-state index contributed by atoms with van der Waals surface area (Å²) in [6.07, 6.45) is 4.63. The Hall–Kier alpha value is -1.18. The smallest absolute Gasteiger partial charge is 0.212 e. The summed E-state index contributed by atoms with van der Waals surface area (Å²) in [5.74, 6) is 0.767. The van der Waals surface area contributed by atoms with E-state index in [4.69, 9.17) is 4.74 Å². The Bertz CT molecular complexity index is 570. The van der Waals surface area contributed by atoms with Crippen molar-refractivity contribution in [3.8, 4) is 5.75 Å². The highest BCUT2D eigenvalue weighted by Crippen LogP contribution is 2.39. The van der Waals surface area contributed by atoms with E-state index in [1.54, 1.807) is 25.6 Å². The summed E-state index contributed by atoms with van der Waals surface area (Å²) in [7, 11) is -1.79. The van der Waals surface area contributed by atoms with Gasteiger partial charge in [0.1, 0.15) is 5.75 Å². The predicted octanol–water partition coefficient (Wildman–Crippen LogP) is 1.23. The Morgan fingerprint density at radius 2 is 2.19 bits per heavy atom. The van der Waals surface area contributed by atoms with Crippen molar-refractivity contribution in [3.05, 3.63) is 24.0 Å². The number of sulfonamides is 1. The van der Waals surface area contributed by atoms with Crippen molar-refractivity contribution in [3.63, 3.8) is 0 Å². The Morgan fingerprint density at radius 1 is 1.48 bits per heavy atom. The van der Waals surface area contributed by atoms with E-state index < -0.39 is 10.0 Å². The van der Waals surface area contributed by atoms with Gasteiger partial charge in [-0.1, -0.05) is 6.92 Å². The number of hydrogen-bond acceptors (Lipinski definition) is 5. The lowest BCUT2D eigenvalue weighted by atomic mass is 9.76. The van der Waals surface area contributed by atoms with Gasteiger partial charge in [-0.2, -0.15) is 0 Å².